The Morgan fingerprint density at radius 3 is 2.42 bits per heavy atom. The number of carboxylic acid groups (broad SMARTS) is 1. The quantitative estimate of drug-likeness (QED) is 0.765. The standard InChI is InChI=1S/C19H27NO3S/c1-3-4-14-24-15(2)17(21)20-12-10-19(11-13-20,18(22)23)16-8-6-5-7-9-16/h5-9,15H,3-4,10-14H2,1-2H3,(H,22,23). The van der Waals surface area contributed by atoms with Gasteiger partial charge in [-0.05, 0) is 37.5 Å². The Labute approximate surface area is 148 Å². The number of amides is 1. The molecule has 4 nitrogen and oxygen atoms in total. The third-order valence-electron chi connectivity index (χ3n) is 4.88. The average molecular weight is 349 g/mol. The molecule has 1 heterocycles. The molecule has 5 heteroatoms. The van der Waals surface area contributed by atoms with Gasteiger partial charge in [0.25, 0.3) is 0 Å². The largest absolute Gasteiger partial charge is 0.481 e. The van der Waals surface area contributed by atoms with Crippen molar-refractivity contribution < 1.29 is 14.7 Å². The van der Waals surface area contributed by atoms with E-state index in [1.54, 1.807) is 11.8 Å². The highest BCUT2D eigenvalue weighted by atomic mass is 32.2. The Bertz CT molecular complexity index is 553. The van der Waals surface area contributed by atoms with Crippen molar-refractivity contribution >= 4 is 23.6 Å². The number of benzene rings is 1. The third-order valence-corrected chi connectivity index (χ3v) is 6.10. The van der Waals surface area contributed by atoms with Crippen LogP contribution in [0.4, 0.5) is 0 Å². The number of carbonyl (C=O) groups is 2. The van der Waals surface area contributed by atoms with E-state index in [1.807, 2.05) is 42.2 Å². The van der Waals surface area contributed by atoms with Gasteiger partial charge in [0, 0.05) is 13.1 Å². The normalized spacial score (nSPS) is 18.2. The van der Waals surface area contributed by atoms with E-state index in [-0.39, 0.29) is 11.2 Å². The lowest BCUT2D eigenvalue weighted by molar-refractivity contribution is -0.148. The Balaban J connectivity index is 2.00. The minimum atomic E-state index is -0.864. The van der Waals surface area contributed by atoms with E-state index in [9.17, 15) is 14.7 Å². The predicted octanol–water partition coefficient (Wildman–Crippen LogP) is 3.55. The van der Waals surface area contributed by atoms with Gasteiger partial charge in [0.15, 0.2) is 0 Å². The zero-order valence-corrected chi connectivity index (χ0v) is 15.3. The van der Waals surface area contributed by atoms with E-state index >= 15 is 0 Å². The minimum Gasteiger partial charge on any atom is -0.481 e. The van der Waals surface area contributed by atoms with Crippen molar-refractivity contribution in [1.29, 1.82) is 0 Å². The minimum absolute atomic E-state index is 0.0504. The van der Waals surface area contributed by atoms with Crippen LogP contribution in [0.25, 0.3) is 0 Å². The molecule has 1 aromatic rings. The molecule has 1 amide bonds. The van der Waals surface area contributed by atoms with E-state index in [4.69, 9.17) is 0 Å². The van der Waals surface area contributed by atoms with Gasteiger partial charge in [0.05, 0.1) is 10.7 Å². The maximum atomic E-state index is 12.6. The van der Waals surface area contributed by atoms with Crippen molar-refractivity contribution in [3.05, 3.63) is 35.9 Å². The van der Waals surface area contributed by atoms with Gasteiger partial charge in [-0.2, -0.15) is 0 Å². The van der Waals surface area contributed by atoms with Crippen molar-refractivity contribution in [3.63, 3.8) is 0 Å². The van der Waals surface area contributed by atoms with Gasteiger partial charge in [-0.3, -0.25) is 9.59 Å². The fourth-order valence-electron chi connectivity index (χ4n) is 3.22. The summed E-state index contributed by atoms with van der Waals surface area (Å²) in [7, 11) is 0. The van der Waals surface area contributed by atoms with Gasteiger partial charge >= 0.3 is 5.97 Å². The van der Waals surface area contributed by atoms with Crippen LogP contribution in [0.2, 0.25) is 0 Å². The lowest BCUT2D eigenvalue weighted by Gasteiger charge is -2.40. The summed E-state index contributed by atoms with van der Waals surface area (Å²) in [6.45, 7) is 5.13. The molecule has 0 radical (unpaired) electrons. The molecular weight excluding hydrogens is 322 g/mol. The Morgan fingerprint density at radius 2 is 1.88 bits per heavy atom. The molecule has 1 N–H and O–H groups in total. The molecule has 0 bridgehead atoms. The van der Waals surface area contributed by atoms with Gasteiger partial charge in [0.2, 0.25) is 5.91 Å². The molecule has 1 aliphatic heterocycles. The van der Waals surface area contributed by atoms with Gasteiger partial charge < -0.3 is 10.0 Å². The topological polar surface area (TPSA) is 57.6 Å². The van der Waals surface area contributed by atoms with Gasteiger partial charge in [0.1, 0.15) is 0 Å². The van der Waals surface area contributed by atoms with Crippen LogP contribution in [0, 0.1) is 0 Å². The number of hydrogen-bond acceptors (Lipinski definition) is 3. The van der Waals surface area contributed by atoms with Crippen molar-refractivity contribution in [2.75, 3.05) is 18.8 Å². The smallest absolute Gasteiger partial charge is 0.314 e. The Kier molecular flexibility index (Phi) is 6.72. The number of nitrogens with zero attached hydrogens (tertiary/aromatic N) is 1. The second-order valence-electron chi connectivity index (χ2n) is 6.45. The first kappa shape index (κ1) is 18.8. The van der Waals surface area contributed by atoms with Crippen LogP contribution in [0.3, 0.4) is 0 Å². The van der Waals surface area contributed by atoms with Gasteiger partial charge in [-0.15, -0.1) is 11.8 Å². The molecule has 2 rings (SSSR count). The lowest BCUT2D eigenvalue weighted by Crippen LogP contribution is -2.50. The molecule has 1 saturated heterocycles. The lowest BCUT2D eigenvalue weighted by atomic mass is 9.73. The number of unbranched alkanes of at least 4 members (excludes halogenated alkanes) is 1. The third kappa shape index (κ3) is 4.12. The summed E-state index contributed by atoms with van der Waals surface area (Å²) < 4.78 is 0. The Hall–Kier alpha value is -1.49. The van der Waals surface area contributed by atoms with Crippen LogP contribution in [0.1, 0.15) is 45.1 Å². The number of thioether (sulfide) groups is 1. The zero-order valence-electron chi connectivity index (χ0n) is 14.5. The van der Waals surface area contributed by atoms with Crippen molar-refractivity contribution in [2.24, 2.45) is 0 Å². The van der Waals surface area contributed by atoms with Crippen LogP contribution in [0.15, 0.2) is 30.3 Å². The first-order valence-corrected chi connectivity index (χ1v) is 9.75. The maximum Gasteiger partial charge on any atom is 0.314 e. The molecule has 1 aromatic carbocycles. The molecule has 24 heavy (non-hydrogen) atoms. The number of hydrogen-bond donors (Lipinski definition) is 1. The monoisotopic (exact) mass is 349 g/mol. The van der Waals surface area contributed by atoms with Crippen LogP contribution in [-0.4, -0.2) is 46.0 Å². The van der Waals surface area contributed by atoms with E-state index in [0.717, 1.165) is 24.2 Å². The summed E-state index contributed by atoms with van der Waals surface area (Å²) in [5.41, 5.74) is -0.0219. The van der Waals surface area contributed by atoms with Crippen molar-refractivity contribution in [2.45, 2.75) is 50.2 Å². The van der Waals surface area contributed by atoms with Gasteiger partial charge in [-0.25, -0.2) is 0 Å². The summed E-state index contributed by atoms with van der Waals surface area (Å²) in [4.78, 5) is 26.4. The summed E-state index contributed by atoms with van der Waals surface area (Å²) >= 11 is 1.70. The Morgan fingerprint density at radius 1 is 1.25 bits per heavy atom. The van der Waals surface area contributed by atoms with Crippen molar-refractivity contribution in [1.82, 2.24) is 4.90 Å². The molecule has 1 atom stereocenters. The zero-order chi connectivity index (χ0) is 17.6. The molecule has 132 valence electrons. The molecule has 1 unspecified atom stereocenters. The molecule has 0 saturated carbocycles. The highest BCUT2D eigenvalue weighted by molar-refractivity contribution is 8.00. The fraction of sp³-hybridized carbons (Fsp3) is 0.579. The molecule has 0 aromatic heterocycles. The number of piperidine rings is 1. The second kappa shape index (κ2) is 8.56. The maximum absolute atomic E-state index is 12.6. The summed E-state index contributed by atoms with van der Waals surface area (Å²) in [6.07, 6.45) is 3.21. The summed E-state index contributed by atoms with van der Waals surface area (Å²) in [5.74, 6) is 0.356. The second-order valence-corrected chi connectivity index (χ2v) is 7.89. The van der Waals surface area contributed by atoms with E-state index in [1.165, 1.54) is 0 Å². The molecular formula is C19H27NO3S. The van der Waals surface area contributed by atoms with Crippen LogP contribution in [0.5, 0.6) is 0 Å². The number of likely N-dealkylation sites (tertiary alicyclic amines) is 1. The molecule has 0 spiro atoms. The fourth-order valence-corrected chi connectivity index (χ4v) is 4.33. The first-order chi connectivity index (χ1) is 11.5. The SMILES string of the molecule is CCCCSC(C)C(=O)N1CCC(C(=O)O)(c2ccccc2)CC1. The van der Waals surface area contributed by atoms with Crippen LogP contribution < -0.4 is 0 Å². The van der Waals surface area contributed by atoms with Gasteiger partial charge in [-0.1, -0.05) is 43.7 Å². The number of carboxylic acids is 1. The van der Waals surface area contributed by atoms with E-state index in [2.05, 4.69) is 6.92 Å². The summed E-state index contributed by atoms with van der Waals surface area (Å²) in [6, 6.07) is 9.42. The molecule has 0 aliphatic carbocycles. The number of aliphatic carboxylic acids is 1. The van der Waals surface area contributed by atoms with Crippen LogP contribution in [-0.2, 0) is 15.0 Å². The predicted molar refractivity (Wildman–Crippen MR) is 98.4 cm³/mol. The number of carbonyl (C=O) groups excluding carboxylic acids is 1. The number of rotatable bonds is 7. The van der Waals surface area contributed by atoms with E-state index < -0.39 is 11.4 Å². The highest BCUT2D eigenvalue weighted by Crippen LogP contribution is 2.36. The first-order valence-electron chi connectivity index (χ1n) is 8.70. The van der Waals surface area contributed by atoms with E-state index in [0.29, 0.717) is 25.9 Å². The van der Waals surface area contributed by atoms with Crippen LogP contribution >= 0.6 is 11.8 Å². The van der Waals surface area contributed by atoms with Crippen molar-refractivity contribution in [3.8, 4) is 0 Å². The molecule has 1 aliphatic rings. The highest BCUT2D eigenvalue weighted by Gasteiger charge is 2.44. The molecule has 1 fully saturated rings. The average Bonchev–Trinajstić information content (AvgIpc) is 2.62. The summed E-state index contributed by atoms with van der Waals surface area (Å²) in [5, 5.41) is 9.76.